The van der Waals surface area contributed by atoms with Gasteiger partial charge in [-0.1, -0.05) is 23.2 Å². The first kappa shape index (κ1) is 26.9. The van der Waals surface area contributed by atoms with Gasteiger partial charge in [0.1, 0.15) is 12.1 Å². The predicted octanol–water partition coefficient (Wildman–Crippen LogP) is 5.21. The Morgan fingerprint density at radius 1 is 1.11 bits per heavy atom. The maximum atomic E-state index is 13.0. The van der Waals surface area contributed by atoms with Gasteiger partial charge < -0.3 is 14.5 Å². The number of aromatic nitrogens is 2. The highest BCUT2D eigenvalue weighted by Gasteiger charge is 2.38. The SMILES string of the molecule is Cc1c(Cl)c(C(F)(F)F)nn1CC(=O)N1CCN(c2ccc(Cl)c(NC(=O)OC(C)(C)C)c2)CC1. The molecule has 2 aromatic rings. The van der Waals surface area contributed by atoms with E-state index in [1.807, 2.05) is 4.90 Å². The zero-order valence-electron chi connectivity index (χ0n) is 19.7. The first-order valence-electron chi connectivity index (χ1n) is 10.8. The molecule has 1 aliphatic rings. The van der Waals surface area contributed by atoms with E-state index in [-0.39, 0.29) is 18.1 Å². The van der Waals surface area contributed by atoms with Crippen molar-refractivity contribution in [2.45, 2.75) is 46.0 Å². The van der Waals surface area contributed by atoms with Gasteiger partial charge in [0.15, 0.2) is 5.69 Å². The van der Waals surface area contributed by atoms with Crippen LogP contribution in [0.4, 0.5) is 29.3 Å². The molecule has 0 unspecified atom stereocenters. The number of carbonyl (C=O) groups is 2. The van der Waals surface area contributed by atoms with Gasteiger partial charge in [-0.05, 0) is 45.9 Å². The number of hydrogen-bond acceptors (Lipinski definition) is 5. The molecule has 3 rings (SSSR count). The van der Waals surface area contributed by atoms with Gasteiger partial charge in [0.2, 0.25) is 5.91 Å². The second kappa shape index (κ2) is 10.1. The Labute approximate surface area is 210 Å². The molecule has 0 radical (unpaired) electrons. The summed E-state index contributed by atoms with van der Waals surface area (Å²) in [5.41, 5.74) is -0.601. The summed E-state index contributed by atoms with van der Waals surface area (Å²) in [6.45, 7) is 7.98. The number of carbonyl (C=O) groups excluding carboxylic acids is 2. The number of nitrogens with one attached hydrogen (secondary N) is 1. The smallest absolute Gasteiger partial charge is 0.436 e. The fourth-order valence-electron chi connectivity index (χ4n) is 3.52. The highest BCUT2D eigenvalue weighted by atomic mass is 35.5. The Bertz CT molecular complexity index is 1110. The predicted molar refractivity (Wildman–Crippen MR) is 127 cm³/mol. The van der Waals surface area contributed by atoms with Gasteiger partial charge in [-0.15, -0.1) is 0 Å². The molecule has 1 aromatic heterocycles. The number of nitrogens with zero attached hydrogens (tertiary/aromatic N) is 4. The topological polar surface area (TPSA) is 79.7 Å². The highest BCUT2D eigenvalue weighted by molar-refractivity contribution is 6.33. The third-order valence-electron chi connectivity index (χ3n) is 5.27. The second-order valence-electron chi connectivity index (χ2n) is 9.06. The summed E-state index contributed by atoms with van der Waals surface area (Å²) in [7, 11) is 0. The number of piperazine rings is 1. The van der Waals surface area contributed by atoms with Gasteiger partial charge in [0.05, 0.1) is 21.4 Å². The molecule has 0 bridgehead atoms. The molecule has 1 saturated heterocycles. The molecule has 1 fully saturated rings. The van der Waals surface area contributed by atoms with E-state index >= 15 is 0 Å². The number of amides is 2. The molecule has 0 aliphatic carbocycles. The minimum Gasteiger partial charge on any atom is -0.444 e. The number of ether oxygens (including phenoxy) is 1. The average molecular weight is 536 g/mol. The number of rotatable bonds is 4. The van der Waals surface area contributed by atoms with E-state index in [0.29, 0.717) is 36.9 Å². The van der Waals surface area contributed by atoms with Crippen LogP contribution in [0.25, 0.3) is 0 Å². The molecular formula is C22H26Cl2F3N5O3. The van der Waals surface area contributed by atoms with E-state index in [9.17, 15) is 22.8 Å². The molecule has 0 saturated carbocycles. The molecule has 1 aliphatic heterocycles. The minimum atomic E-state index is -4.70. The van der Waals surface area contributed by atoms with Crippen molar-refractivity contribution in [2.24, 2.45) is 0 Å². The van der Waals surface area contributed by atoms with E-state index < -0.39 is 28.6 Å². The van der Waals surface area contributed by atoms with Crippen LogP contribution in [-0.2, 0) is 22.3 Å². The molecule has 2 amide bonds. The molecule has 1 aromatic carbocycles. The highest BCUT2D eigenvalue weighted by Crippen LogP contribution is 2.35. The third kappa shape index (κ3) is 6.72. The third-order valence-corrected chi connectivity index (χ3v) is 6.05. The Morgan fingerprint density at radius 3 is 2.29 bits per heavy atom. The lowest BCUT2D eigenvalue weighted by atomic mass is 10.2. The lowest BCUT2D eigenvalue weighted by Gasteiger charge is -2.36. The Kier molecular flexibility index (Phi) is 7.80. The summed E-state index contributed by atoms with van der Waals surface area (Å²) in [4.78, 5) is 28.4. The van der Waals surface area contributed by atoms with Crippen molar-refractivity contribution in [1.29, 1.82) is 0 Å². The maximum absolute atomic E-state index is 13.0. The van der Waals surface area contributed by atoms with Crippen LogP contribution in [0.15, 0.2) is 18.2 Å². The van der Waals surface area contributed by atoms with Crippen LogP contribution >= 0.6 is 23.2 Å². The standard InChI is InChI=1S/C22H26Cl2F3N5O3/c1-13-18(24)19(22(25,26)27)29-32(13)12-17(33)31-9-7-30(8-10-31)14-5-6-15(23)16(11-14)28-20(34)35-21(2,3)4/h5-6,11H,7-10,12H2,1-4H3,(H,28,34). The second-order valence-corrected chi connectivity index (χ2v) is 9.85. The van der Waals surface area contributed by atoms with Crippen molar-refractivity contribution in [1.82, 2.24) is 14.7 Å². The van der Waals surface area contributed by atoms with Crippen molar-refractivity contribution in [2.75, 3.05) is 36.4 Å². The number of halogens is 5. The summed E-state index contributed by atoms with van der Waals surface area (Å²) < 4.78 is 45.3. The monoisotopic (exact) mass is 535 g/mol. The van der Waals surface area contributed by atoms with Gasteiger partial charge in [-0.3, -0.25) is 14.8 Å². The van der Waals surface area contributed by atoms with Crippen LogP contribution in [0, 0.1) is 6.92 Å². The summed E-state index contributed by atoms with van der Waals surface area (Å²) in [6, 6.07) is 5.18. The molecule has 192 valence electrons. The zero-order chi connectivity index (χ0) is 26.1. The molecule has 2 heterocycles. The fraction of sp³-hybridized carbons (Fsp3) is 0.500. The van der Waals surface area contributed by atoms with E-state index in [1.165, 1.54) is 6.92 Å². The zero-order valence-corrected chi connectivity index (χ0v) is 21.2. The van der Waals surface area contributed by atoms with Gasteiger partial charge in [-0.25, -0.2) is 4.79 Å². The lowest BCUT2D eigenvalue weighted by Crippen LogP contribution is -2.49. The minimum absolute atomic E-state index is 0.0807. The van der Waals surface area contributed by atoms with E-state index in [2.05, 4.69) is 10.4 Å². The molecule has 35 heavy (non-hydrogen) atoms. The van der Waals surface area contributed by atoms with Crippen molar-refractivity contribution < 1.29 is 27.5 Å². The van der Waals surface area contributed by atoms with Crippen LogP contribution in [-0.4, -0.2) is 58.5 Å². The molecule has 1 N–H and O–H groups in total. The Morgan fingerprint density at radius 2 is 1.74 bits per heavy atom. The van der Waals surface area contributed by atoms with E-state index in [4.69, 9.17) is 27.9 Å². The van der Waals surface area contributed by atoms with Gasteiger partial charge in [0, 0.05) is 31.9 Å². The van der Waals surface area contributed by atoms with Crippen LogP contribution in [0.3, 0.4) is 0 Å². The van der Waals surface area contributed by atoms with E-state index in [1.54, 1.807) is 43.9 Å². The van der Waals surface area contributed by atoms with Gasteiger partial charge in [0.25, 0.3) is 0 Å². The van der Waals surface area contributed by atoms with Crippen molar-refractivity contribution in [3.63, 3.8) is 0 Å². The van der Waals surface area contributed by atoms with E-state index in [0.717, 1.165) is 10.4 Å². The molecule has 8 nitrogen and oxygen atoms in total. The van der Waals surface area contributed by atoms with Crippen LogP contribution in [0.2, 0.25) is 10.0 Å². The summed E-state index contributed by atoms with van der Waals surface area (Å²) in [6.07, 6.45) is -5.33. The molecule has 13 heteroatoms. The summed E-state index contributed by atoms with van der Waals surface area (Å²) >= 11 is 12.0. The van der Waals surface area contributed by atoms with Crippen LogP contribution in [0.1, 0.15) is 32.2 Å². The van der Waals surface area contributed by atoms with Gasteiger partial charge >= 0.3 is 12.3 Å². The summed E-state index contributed by atoms with van der Waals surface area (Å²) in [5, 5.41) is 5.97. The normalized spacial score (nSPS) is 14.8. The maximum Gasteiger partial charge on any atom is 0.436 e. The number of benzene rings is 1. The number of hydrogen-bond donors (Lipinski definition) is 1. The van der Waals surface area contributed by atoms with Crippen LogP contribution < -0.4 is 10.2 Å². The fourth-order valence-corrected chi connectivity index (χ4v) is 3.93. The summed E-state index contributed by atoms with van der Waals surface area (Å²) in [5.74, 6) is -0.357. The first-order chi connectivity index (χ1) is 16.2. The Balaban J connectivity index is 1.62. The molecular weight excluding hydrogens is 510 g/mol. The lowest BCUT2D eigenvalue weighted by molar-refractivity contribution is -0.142. The van der Waals surface area contributed by atoms with Crippen molar-refractivity contribution >= 4 is 46.6 Å². The van der Waals surface area contributed by atoms with Crippen molar-refractivity contribution in [3.8, 4) is 0 Å². The largest absolute Gasteiger partial charge is 0.444 e. The Hall–Kier alpha value is -2.66. The number of anilines is 2. The average Bonchev–Trinajstić information content (AvgIpc) is 3.03. The number of alkyl halides is 3. The quantitative estimate of drug-likeness (QED) is 0.581. The first-order valence-corrected chi connectivity index (χ1v) is 11.5. The molecule has 0 spiro atoms. The van der Waals surface area contributed by atoms with Crippen LogP contribution in [0.5, 0.6) is 0 Å². The molecule has 0 atom stereocenters. The van der Waals surface area contributed by atoms with Gasteiger partial charge in [-0.2, -0.15) is 18.3 Å². The van der Waals surface area contributed by atoms with Crippen molar-refractivity contribution in [3.05, 3.63) is 39.6 Å².